The van der Waals surface area contributed by atoms with Gasteiger partial charge >= 0.3 is 0 Å². The van der Waals surface area contributed by atoms with E-state index in [1.807, 2.05) is 30.0 Å². The third kappa shape index (κ3) is 5.76. The van der Waals surface area contributed by atoms with Crippen molar-refractivity contribution in [3.8, 4) is 0 Å². The SMILES string of the molecule is C=C[C@H](NC)C(=O)N[C@H](C(=O)N1CCC[C@H]1c1nc(C(=O)c2cccc(C)c2)cs1)C1CCCCC1. The second-order valence-electron chi connectivity index (χ2n) is 9.85. The Hall–Kier alpha value is -2.84. The maximum atomic E-state index is 13.9. The molecule has 4 rings (SSSR count). The van der Waals surface area contributed by atoms with Gasteiger partial charge in [-0.15, -0.1) is 17.9 Å². The van der Waals surface area contributed by atoms with E-state index < -0.39 is 12.1 Å². The Morgan fingerprint density at radius 2 is 1.94 bits per heavy atom. The number of likely N-dealkylation sites (N-methyl/N-ethyl adjacent to an activating group) is 1. The largest absolute Gasteiger partial charge is 0.342 e. The summed E-state index contributed by atoms with van der Waals surface area (Å²) >= 11 is 1.43. The molecular formula is C28H36N4O3S. The van der Waals surface area contributed by atoms with Crippen LogP contribution in [0.15, 0.2) is 42.3 Å². The number of nitrogens with zero attached hydrogens (tertiary/aromatic N) is 2. The predicted octanol–water partition coefficient (Wildman–Crippen LogP) is 4.19. The maximum absolute atomic E-state index is 13.9. The van der Waals surface area contributed by atoms with Crippen molar-refractivity contribution in [2.24, 2.45) is 5.92 Å². The lowest BCUT2D eigenvalue weighted by Gasteiger charge is -2.35. The summed E-state index contributed by atoms with van der Waals surface area (Å²) in [6, 6.07) is 6.21. The van der Waals surface area contributed by atoms with Gasteiger partial charge < -0.3 is 15.5 Å². The number of likely N-dealkylation sites (tertiary alicyclic amines) is 1. The van der Waals surface area contributed by atoms with Crippen LogP contribution >= 0.6 is 11.3 Å². The van der Waals surface area contributed by atoms with E-state index in [1.165, 1.54) is 17.8 Å². The number of carbonyl (C=O) groups excluding carboxylic acids is 3. The molecule has 36 heavy (non-hydrogen) atoms. The number of thiazole rings is 1. The fraction of sp³-hybridized carbons (Fsp3) is 0.500. The molecule has 2 N–H and O–H groups in total. The first-order valence-electron chi connectivity index (χ1n) is 12.9. The van der Waals surface area contributed by atoms with Gasteiger partial charge in [-0.3, -0.25) is 14.4 Å². The van der Waals surface area contributed by atoms with Crippen molar-refractivity contribution in [1.29, 1.82) is 0 Å². The summed E-state index contributed by atoms with van der Waals surface area (Å²) in [6.45, 7) is 6.32. The molecule has 192 valence electrons. The number of hydrogen-bond donors (Lipinski definition) is 2. The van der Waals surface area contributed by atoms with Gasteiger partial charge in [0, 0.05) is 17.5 Å². The number of aryl methyl sites for hydroxylation is 1. The summed E-state index contributed by atoms with van der Waals surface area (Å²) < 4.78 is 0. The van der Waals surface area contributed by atoms with Crippen LogP contribution in [0.4, 0.5) is 0 Å². The van der Waals surface area contributed by atoms with Crippen molar-refractivity contribution in [3.05, 3.63) is 64.1 Å². The Balaban J connectivity index is 1.54. The molecule has 1 aromatic heterocycles. The molecule has 0 unspecified atom stereocenters. The van der Waals surface area contributed by atoms with Crippen molar-refractivity contribution >= 4 is 28.9 Å². The van der Waals surface area contributed by atoms with Gasteiger partial charge in [0.1, 0.15) is 22.8 Å². The highest BCUT2D eigenvalue weighted by Gasteiger charge is 2.40. The molecule has 3 atom stereocenters. The summed E-state index contributed by atoms with van der Waals surface area (Å²) in [5.41, 5.74) is 2.06. The van der Waals surface area contributed by atoms with E-state index in [9.17, 15) is 14.4 Å². The van der Waals surface area contributed by atoms with Crippen molar-refractivity contribution in [1.82, 2.24) is 20.5 Å². The quantitative estimate of drug-likeness (QED) is 0.392. The second-order valence-corrected chi connectivity index (χ2v) is 10.7. The molecule has 7 nitrogen and oxygen atoms in total. The van der Waals surface area contributed by atoms with Crippen molar-refractivity contribution in [3.63, 3.8) is 0 Å². The van der Waals surface area contributed by atoms with Crippen LogP contribution in [0, 0.1) is 12.8 Å². The lowest BCUT2D eigenvalue weighted by atomic mass is 9.83. The van der Waals surface area contributed by atoms with E-state index in [-0.39, 0.29) is 29.6 Å². The van der Waals surface area contributed by atoms with Crippen LogP contribution in [-0.2, 0) is 9.59 Å². The standard InChI is InChI=1S/C28H36N4O3S/c1-4-21(29-3)26(34)31-24(19-11-6-5-7-12-19)28(35)32-15-9-14-23(32)27-30-22(17-36-27)25(33)20-13-8-10-18(2)16-20/h4,8,10,13,16-17,19,21,23-24,29H,1,5-7,9,11-12,14-15H2,2-3H3,(H,31,34)/t21-,23-,24-/m0/s1. The zero-order valence-corrected chi connectivity index (χ0v) is 22.0. The molecule has 1 aromatic carbocycles. The minimum atomic E-state index is -0.567. The number of ketones is 1. The Labute approximate surface area is 217 Å². The van der Waals surface area contributed by atoms with Crippen molar-refractivity contribution < 1.29 is 14.4 Å². The number of carbonyl (C=O) groups is 3. The van der Waals surface area contributed by atoms with E-state index >= 15 is 0 Å². The summed E-state index contributed by atoms with van der Waals surface area (Å²) in [5, 5.41) is 8.57. The average molecular weight is 509 g/mol. The van der Waals surface area contributed by atoms with Gasteiger partial charge in [-0.25, -0.2) is 4.98 Å². The first kappa shape index (κ1) is 26.2. The smallest absolute Gasteiger partial charge is 0.246 e. The maximum Gasteiger partial charge on any atom is 0.246 e. The lowest BCUT2D eigenvalue weighted by molar-refractivity contribution is -0.139. The predicted molar refractivity (Wildman–Crippen MR) is 142 cm³/mol. The Bertz CT molecular complexity index is 1110. The zero-order valence-electron chi connectivity index (χ0n) is 21.2. The molecule has 2 fully saturated rings. The summed E-state index contributed by atoms with van der Waals surface area (Å²) in [6.07, 6.45) is 8.39. The van der Waals surface area contributed by atoms with Crippen LogP contribution in [0.3, 0.4) is 0 Å². The highest BCUT2D eigenvalue weighted by molar-refractivity contribution is 7.10. The fourth-order valence-corrected chi connectivity index (χ4v) is 6.34. The van der Waals surface area contributed by atoms with E-state index in [2.05, 4.69) is 22.2 Å². The van der Waals surface area contributed by atoms with Crippen LogP contribution in [0.5, 0.6) is 0 Å². The minimum absolute atomic E-state index is 0.0431. The lowest BCUT2D eigenvalue weighted by Crippen LogP contribution is -2.55. The van der Waals surface area contributed by atoms with Gasteiger partial charge in [0.25, 0.3) is 0 Å². The molecule has 2 amide bonds. The molecule has 0 radical (unpaired) electrons. The summed E-state index contributed by atoms with van der Waals surface area (Å²) in [7, 11) is 1.71. The first-order valence-corrected chi connectivity index (χ1v) is 13.8. The van der Waals surface area contributed by atoms with Crippen LogP contribution in [-0.4, -0.2) is 53.2 Å². The third-order valence-electron chi connectivity index (χ3n) is 7.37. The molecule has 0 spiro atoms. The van der Waals surface area contributed by atoms with Crippen LogP contribution < -0.4 is 10.6 Å². The second kappa shape index (κ2) is 11.9. The molecular weight excluding hydrogens is 472 g/mol. The highest BCUT2D eigenvalue weighted by Crippen LogP contribution is 2.36. The van der Waals surface area contributed by atoms with Gasteiger partial charge in [0.2, 0.25) is 17.6 Å². The summed E-state index contributed by atoms with van der Waals surface area (Å²) in [5.74, 6) is -0.258. The van der Waals surface area contributed by atoms with Crippen molar-refractivity contribution in [2.75, 3.05) is 13.6 Å². The molecule has 0 bridgehead atoms. The molecule has 1 saturated carbocycles. The van der Waals surface area contributed by atoms with Gasteiger partial charge in [-0.1, -0.05) is 49.1 Å². The molecule has 2 heterocycles. The van der Waals surface area contributed by atoms with Crippen LogP contribution in [0.2, 0.25) is 0 Å². The Kier molecular flexibility index (Phi) is 8.69. The average Bonchev–Trinajstić information content (AvgIpc) is 3.58. The third-order valence-corrected chi connectivity index (χ3v) is 8.32. The van der Waals surface area contributed by atoms with E-state index in [1.54, 1.807) is 24.6 Å². The zero-order chi connectivity index (χ0) is 25.7. The normalized spacial score (nSPS) is 20.1. The van der Waals surface area contributed by atoms with Crippen LogP contribution in [0.1, 0.15) is 77.6 Å². The number of nitrogens with one attached hydrogen (secondary N) is 2. The molecule has 2 aromatic rings. The van der Waals surface area contributed by atoms with Gasteiger partial charge in [0.15, 0.2) is 0 Å². The minimum Gasteiger partial charge on any atom is -0.342 e. The summed E-state index contributed by atoms with van der Waals surface area (Å²) in [4.78, 5) is 46.4. The Morgan fingerprint density at radius 1 is 1.17 bits per heavy atom. The van der Waals surface area contributed by atoms with Crippen molar-refractivity contribution in [2.45, 2.75) is 70.0 Å². The Morgan fingerprint density at radius 3 is 2.64 bits per heavy atom. The van der Waals surface area contributed by atoms with E-state index in [0.29, 0.717) is 17.8 Å². The van der Waals surface area contributed by atoms with Gasteiger partial charge in [0.05, 0.1) is 6.04 Å². The number of aromatic nitrogens is 1. The number of rotatable bonds is 9. The highest BCUT2D eigenvalue weighted by atomic mass is 32.1. The van der Waals surface area contributed by atoms with E-state index in [0.717, 1.165) is 49.1 Å². The van der Waals surface area contributed by atoms with Gasteiger partial charge in [-0.05, 0) is 51.6 Å². The fourth-order valence-electron chi connectivity index (χ4n) is 5.39. The molecule has 1 saturated heterocycles. The molecule has 1 aliphatic heterocycles. The molecule has 1 aliphatic carbocycles. The topological polar surface area (TPSA) is 91.4 Å². The molecule has 2 aliphatic rings. The van der Waals surface area contributed by atoms with Crippen LogP contribution in [0.25, 0.3) is 0 Å². The van der Waals surface area contributed by atoms with Gasteiger partial charge in [-0.2, -0.15) is 0 Å². The number of hydrogen-bond acceptors (Lipinski definition) is 6. The monoisotopic (exact) mass is 508 g/mol. The molecule has 8 heteroatoms. The number of amides is 2. The first-order chi connectivity index (χ1) is 17.4. The van der Waals surface area contributed by atoms with E-state index in [4.69, 9.17) is 0 Å². The number of benzene rings is 1.